The number of rotatable bonds is 5. The van der Waals surface area contributed by atoms with Crippen molar-refractivity contribution < 1.29 is 14.8 Å². The molecule has 0 spiro atoms. The SMILES string of the molecule is Cl.O=C(C=Cc1cccc(C=CC(=O)N2CC=C(c3ccccc3)CC2)n1)NO. The molecule has 2 amide bonds. The van der Waals surface area contributed by atoms with E-state index in [2.05, 4.69) is 23.2 Å². The van der Waals surface area contributed by atoms with Crippen molar-refractivity contribution in [2.75, 3.05) is 13.1 Å². The van der Waals surface area contributed by atoms with Crippen LogP contribution in [0.5, 0.6) is 0 Å². The zero-order valence-electron chi connectivity index (χ0n) is 15.7. The highest BCUT2D eigenvalue weighted by Gasteiger charge is 2.15. The topological polar surface area (TPSA) is 82.5 Å². The third-order valence-electron chi connectivity index (χ3n) is 4.37. The smallest absolute Gasteiger partial charge is 0.267 e. The number of benzene rings is 1. The van der Waals surface area contributed by atoms with Gasteiger partial charge in [0.25, 0.3) is 5.91 Å². The molecule has 3 rings (SSSR count). The summed E-state index contributed by atoms with van der Waals surface area (Å²) in [6.45, 7) is 1.26. The molecule has 2 aromatic rings. The maximum Gasteiger partial charge on any atom is 0.267 e. The lowest BCUT2D eigenvalue weighted by Crippen LogP contribution is -2.33. The minimum atomic E-state index is -0.633. The second-order valence-electron chi connectivity index (χ2n) is 6.26. The van der Waals surface area contributed by atoms with Gasteiger partial charge < -0.3 is 4.90 Å². The fraction of sp³-hybridized carbons (Fsp3) is 0.136. The summed E-state index contributed by atoms with van der Waals surface area (Å²) in [6, 6.07) is 15.5. The van der Waals surface area contributed by atoms with E-state index in [-0.39, 0.29) is 18.3 Å². The number of hydroxylamine groups is 1. The number of hydrogen-bond donors (Lipinski definition) is 2. The summed E-state index contributed by atoms with van der Waals surface area (Å²) >= 11 is 0. The van der Waals surface area contributed by atoms with Crippen molar-refractivity contribution in [1.29, 1.82) is 0 Å². The van der Waals surface area contributed by atoms with Gasteiger partial charge in [0.2, 0.25) is 5.91 Å². The van der Waals surface area contributed by atoms with Crippen molar-refractivity contribution in [3.63, 3.8) is 0 Å². The van der Waals surface area contributed by atoms with Crippen molar-refractivity contribution in [3.8, 4) is 0 Å². The van der Waals surface area contributed by atoms with E-state index >= 15 is 0 Å². The summed E-state index contributed by atoms with van der Waals surface area (Å²) in [5.41, 5.74) is 5.14. The first-order valence-corrected chi connectivity index (χ1v) is 8.96. The normalized spacial score (nSPS) is 13.8. The molecule has 29 heavy (non-hydrogen) atoms. The molecule has 2 heterocycles. The van der Waals surface area contributed by atoms with Gasteiger partial charge in [0.15, 0.2) is 0 Å². The first kappa shape index (κ1) is 22.1. The van der Waals surface area contributed by atoms with Crippen LogP contribution in [0.4, 0.5) is 0 Å². The minimum absolute atomic E-state index is 0. The van der Waals surface area contributed by atoms with E-state index in [0.717, 1.165) is 6.42 Å². The number of halogens is 1. The van der Waals surface area contributed by atoms with Gasteiger partial charge in [-0.2, -0.15) is 0 Å². The molecule has 0 aliphatic carbocycles. The molecule has 1 aliphatic rings. The highest BCUT2D eigenvalue weighted by molar-refractivity contribution is 5.92. The molecule has 0 atom stereocenters. The van der Waals surface area contributed by atoms with Gasteiger partial charge in [0.05, 0.1) is 11.4 Å². The van der Waals surface area contributed by atoms with Gasteiger partial charge in [0.1, 0.15) is 0 Å². The molecule has 7 heteroatoms. The first-order valence-electron chi connectivity index (χ1n) is 8.96. The van der Waals surface area contributed by atoms with Gasteiger partial charge in [-0.3, -0.25) is 14.8 Å². The molecular weight excluding hydrogens is 390 g/mol. The fourth-order valence-corrected chi connectivity index (χ4v) is 2.90. The Labute approximate surface area is 175 Å². The molecule has 0 fully saturated rings. The van der Waals surface area contributed by atoms with Crippen LogP contribution in [0, 0.1) is 0 Å². The molecule has 6 nitrogen and oxygen atoms in total. The maximum absolute atomic E-state index is 12.4. The van der Waals surface area contributed by atoms with Crippen LogP contribution in [0.25, 0.3) is 17.7 Å². The molecule has 0 bridgehead atoms. The molecule has 2 N–H and O–H groups in total. The Balaban J connectivity index is 0.00000300. The van der Waals surface area contributed by atoms with E-state index in [1.807, 2.05) is 18.2 Å². The summed E-state index contributed by atoms with van der Waals surface area (Å²) in [4.78, 5) is 29.6. The highest BCUT2D eigenvalue weighted by Crippen LogP contribution is 2.22. The van der Waals surface area contributed by atoms with E-state index in [9.17, 15) is 9.59 Å². The number of amides is 2. The number of aromatic nitrogens is 1. The van der Waals surface area contributed by atoms with Gasteiger partial charge >= 0.3 is 0 Å². The minimum Gasteiger partial charge on any atom is -0.335 e. The zero-order chi connectivity index (χ0) is 19.8. The molecular formula is C22H22ClN3O3. The standard InChI is InChI=1S/C22H21N3O3.ClH/c26-21(24-28)11-9-19-7-4-8-20(23-19)10-12-22(27)25-15-13-18(14-16-25)17-5-2-1-3-6-17;/h1-13,28H,14-16H2,(H,24,26);1H. The van der Waals surface area contributed by atoms with Gasteiger partial charge in [-0.1, -0.05) is 42.5 Å². The van der Waals surface area contributed by atoms with E-state index in [0.29, 0.717) is 24.5 Å². The van der Waals surface area contributed by atoms with Crippen molar-refractivity contribution >= 4 is 41.9 Å². The quantitative estimate of drug-likeness (QED) is 0.449. The number of hydrogen-bond acceptors (Lipinski definition) is 4. The second kappa shape index (κ2) is 10.9. The summed E-state index contributed by atoms with van der Waals surface area (Å²) in [6.07, 6.45) is 8.74. The Morgan fingerprint density at radius 2 is 1.69 bits per heavy atom. The first-order chi connectivity index (χ1) is 13.7. The lowest BCUT2D eigenvalue weighted by atomic mass is 9.99. The van der Waals surface area contributed by atoms with Crippen LogP contribution in [-0.2, 0) is 9.59 Å². The molecule has 150 valence electrons. The average Bonchev–Trinajstić information content (AvgIpc) is 2.76. The molecule has 0 saturated heterocycles. The van der Waals surface area contributed by atoms with Crippen LogP contribution in [0.1, 0.15) is 23.4 Å². The van der Waals surface area contributed by atoms with Crippen LogP contribution < -0.4 is 5.48 Å². The van der Waals surface area contributed by atoms with Gasteiger partial charge in [0, 0.05) is 25.2 Å². The molecule has 1 aromatic heterocycles. The Morgan fingerprint density at radius 3 is 2.31 bits per heavy atom. The average molecular weight is 412 g/mol. The summed E-state index contributed by atoms with van der Waals surface area (Å²) < 4.78 is 0. The Kier molecular flexibility index (Phi) is 8.33. The maximum atomic E-state index is 12.4. The van der Waals surface area contributed by atoms with E-state index in [1.165, 1.54) is 34.8 Å². The summed E-state index contributed by atoms with van der Waals surface area (Å²) in [5, 5.41) is 8.49. The van der Waals surface area contributed by atoms with Crippen molar-refractivity contribution in [1.82, 2.24) is 15.4 Å². The van der Waals surface area contributed by atoms with Crippen molar-refractivity contribution in [3.05, 3.63) is 83.7 Å². The van der Waals surface area contributed by atoms with E-state index in [4.69, 9.17) is 5.21 Å². The molecule has 1 aromatic carbocycles. The number of carbonyl (C=O) groups is 2. The third kappa shape index (κ3) is 6.41. The lowest BCUT2D eigenvalue weighted by molar-refractivity contribution is -0.125. The van der Waals surface area contributed by atoms with Gasteiger partial charge in [-0.05, 0) is 41.8 Å². The van der Waals surface area contributed by atoms with Gasteiger partial charge in [-0.25, -0.2) is 10.5 Å². The molecule has 0 radical (unpaired) electrons. The van der Waals surface area contributed by atoms with Gasteiger partial charge in [-0.15, -0.1) is 12.4 Å². The predicted molar refractivity (Wildman–Crippen MR) is 115 cm³/mol. The number of pyridine rings is 1. The van der Waals surface area contributed by atoms with Crippen LogP contribution in [0.15, 0.2) is 66.8 Å². The fourth-order valence-electron chi connectivity index (χ4n) is 2.90. The molecule has 0 saturated carbocycles. The summed E-state index contributed by atoms with van der Waals surface area (Å²) in [7, 11) is 0. The third-order valence-corrected chi connectivity index (χ3v) is 4.37. The summed E-state index contributed by atoms with van der Waals surface area (Å²) in [5.74, 6) is -0.697. The predicted octanol–water partition coefficient (Wildman–Crippen LogP) is 3.35. The number of nitrogens with zero attached hydrogens (tertiary/aromatic N) is 2. The van der Waals surface area contributed by atoms with E-state index in [1.54, 1.807) is 29.2 Å². The van der Waals surface area contributed by atoms with Crippen LogP contribution in [0.3, 0.4) is 0 Å². The Bertz CT molecular complexity index is 939. The van der Waals surface area contributed by atoms with Crippen LogP contribution in [-0.4, -0.2) is 40.0 Å². The van der Waals surface area contributed by atoms with Crippen LogP contribution >= 0.6 is 12.4 Å². The molecule has 1 aliphatic heterocycles. The van der Waals surface area contributed by atoms with E-state index < -0.39 is 5.91 Å². The second-order valence-corrected chi connectivity index (χ2v) is 6.26. The number of nitrogens with one attached hydrogen (secondary N) is 1. The lowest BCUT2D eigenvalue weighted by Gasteiger charge is -2.25. The largest absolute Gasteiger partial charge is 0.335 e. The molecule has 0 unspecified atom stereocenters. The Hall–Kier alpha value is -3.22. The van der Waals surface area contributed by atoms with Crippen LogP contribution in [0.2, 0.25) is 0 Å². The Morgan fingerprint density at radius 1 is 1.00 bits per heavy atom. The van der Waals surface area contributed by atoms with Crippen molar-refractivity contribution in [2.45, 2.75) is 6.42 Å². The van der Waals surface area contributed by atoms with Crippen molar-refractivity contribution in [2.24, 2.45) is 0 Å². The monoisotopic (exact) mass is 411 g/mol. The number of carbonyl (C=O) groups excluding carboxylic acids is 2. The zero-order valence-corrected chi connectivity index (χ0v) is 16.5. The highest BCUT2D eigenvalue weighted by atomic mass is 35.5.